The highest BCUT2D eigenvalue weighted by Gasteiger charge is 2.01. The van der Waals surface area contributed by atoms with Crippen LogP contribution in [0.5, 0.6) is 0 Å². The van der Waals surface area contributed by atoms with Gasteiger partial charge >= 0.3 is 0 Å². The van der Waals surface area contributed by atoms with Crippen LogP contribution in [0.4, 0.5) is 11.4 Å². The molecule has 1 aromatic heterocycles. The Morgan fingerprint density at radius 2 is 1.95 bits per heavy atom. The van der Waals surface area contributed by atoms with E-state index in [0.717, 1.165) is 22.8 Å². The fraction of sp³-hybridized carbons (Fsp3) is 0.286. The van der Waals surface area contributed by atoms with Crippen LogP contribution in [0.3, 0.4) is 0 Å². The molecule has 0 spiro atoms. The molecule has 0 unspecified atom stereocenters. The summed E-state index contributed by atoms with van der Waals surface area (Å²) in [4.78, 5) is 18.5. The monoisotopic (exact) mass is 258 g/mol. The van der Waals surface area contributed by atoms with Crippen molar-refractivity contribution in [3.8, 4) is 0 Å². The number of aryl methyl sites for hydroxylation is 1. The number of aromatic amines is 1. The molecule has 3 N–H and O–H groups in total. The number of carbonyl (C=O) groups is 1. The lowest BCUT2D eigenvalue weighted by atomic mass is 10.2. The Bertz CT molecular complexity index is 545. The van der Waals surface area contributed by atoms with Crippen molar-refractivity contribution in [2.75, 3.05) is 10.6 Å². The molecule has 0 saturated carbocycles. The first-order chi connectivity index (χ1) is 9.19. The van der Waals surface area contributed by atoms with Gasteiger partial charge in [-0.25, -0.2) is 4.98 Å². The molecule has 5 nitrogen and oxygen atoms in total. The summed E-state index contributed by atoms with van der Waals surface area (Å²) in [5.74, 6) is 0.0212. The summed E-state index contributed by atoms with van der Waals surface area (Å²) in [6.07, 6.45) is 2.17. The lowest BCUT2D eigenvalue weighted by molar-refractivity contribution is -0.115. The molecule has 2 rings (SSSR count). The number of nitrogens with zero attached hydrogens (tertiary/aromatic N) is 1. The van der Waals surface area contributed by atoms with Gasteiger partial charge in [0, 0.05) is 23.5 Å². The highest BCUT2D eigenvalue weighted by atomic mass is 16.1. The van der Waals surface area contributed by atoms with Gasteiger partial charge in [0.2, 0.25) is 5.91 Å². The first-order valence-electron chi connectivity index (χ1n) is 6.31. The quantitative estimate of drug-likeness (QED) is 0.772. The van der Waals surface area contributed by atoms with E-state index in [-0.39, 0.29) is 5.91 Å². The predicted octanol–water partition coefficient (Wildman–Crippen LogP) is 2.68. The minimum atomic E-state index is 0.0212. The molecule has 0 aliphatic heterocycles. The van der Waals surface area contributed by atoms with E-state index in [9.17, 15) is 4.79 Å². The zero-order valence-electron chi connectivity index (χ0n) is 11.2. The van der Waals surface area contributed by atoms with E-state index in [1.165, 1.54) is 0 Å². The maximum atomic E-state index is 11.2. The summed E-state index contributed by atoms with van der Waals surface area (Å²) in [5.41, 5.74) is 3.88. The van der Waals surface area contributed by atoms with Gasteiger partial charge in [-0.3, -0.25) is 4.79 Å². The molecule has 0 fully saturated rings. The fourth-order valence-corrected chi connectivity index (χ4v) is 1.67. The van der Waals surface area contributed by atoms with Crippen molar-refractivity contribution in [3.05, 3.63) is 42.0 Å². The van der Waals surface area contributed by atoms with E-state index in [4.69, 9.17) is 0 Å². The second kappa shape index (κ2) is 6.04. The normalized spacial score (nSPS) is 10.2. The third kappa shape index (κ3) is 3.58. The maximum Gasteiger partial charge on any atom is 0.224 e. The Morgan fingerprint density at radius 1 is 1.26 bits per heavy atom. The Labute approximate surface area is 112 Å². The van der Waals surface area contributed by atoms with Crippen molar-refractivity contribution >= 4 is 17.3 Å². The molecule has 0 atom stereocenters. The average Bonchev–Trinajstić information content (AvgIpc) is 2.83. The fourth-order valence-electron chi connectivity index (χ4n) is 1.67. The first kappa shape index (κ1) is 13.1. The molecule has 0 radical (unpaired) electrons. The molecule has 2 aromatic rings. The van der Waals surface area contributed by atoms with Crippen molar-refractivity contribution in [3.63, 3.8) is 0 Å². The van der Waals surface area contributed by atoms with Gasteiger partial charge in [0.05, 0.1) is 18.6 Å². The molecule has 0 aliphatic rings. The maximum absolute atomic E-state index is 11.2. The van der Waals surface area contributed by atoms with Crippen molar-refractivity contribution in [1.29, 1.82) is 0 Å². The van der Waals surface area contributed by atoms with Crippen LogP contribution in [-0.2, 0) is 11.3 Å². The highest BCUT2D eigenvalue weighted by molar-refractivity contribution is 5.90. The topological polar surface area (TPSA) is 69.8 Å². The van der Waals surface area contributed by atoms with Gasteiger partial charge in [0.15, 0.2) is 0 Å². The lowest BCUT2D eigenvalue weighted by Crippen LogP contribution is -2.09. The number of imidazole rings is 1. The summed E-state index contributed by atoms with van der Waals surface area (Å²) >= 11 is 0. The van der Waals surface area contributed by atoms with E-state index >= 15 is 0 Å². The Hall–Kier alpha value is -2.30. The number of H-pyrrole nitrogens is 1. The number of benzene rings is 1. The first-order valence-corrected chi connectivity index (χ1v) is 6.31. The molecular formula is C14H18N4O. The number of rotatable bonds is 5. The molecule has 0 aliphatic carbocycles. The van der Waals surface area contributed by atoms with Gasteiger partial charge in [-0.15, -0.1) is 0 Å². The van der Waals surface area contributed by atoms with Gasteiger partial charge in [-0.05, 0) is 31.2 Å². The van der Waals surface area contributed by atoms with E-state index in [1.54, 1.807) is 6.33 Å². The summed E-state index contributed by atoms with van der Waals surface area (Å²) in [6, 6.07) is 7.64. The highest BCUT2D eigenvalue weighted by Crippen LogP contribution is 2.14. The summed E-state index contributed by atoms with van der Waals surface area (Å²) in [7, 11) is 0. The minimum Gasteiger partial charge on any atom is -0.379 e. The van der Waals surface area contributed by atoms with Crippen LogP contribution in [0.2, 0.25) is 0 Å². The molecule has 0 bridgehead atoms. The van der Waals surface area contributed by atoms with Gasteiger partial charge < -0.3 is 15.6 Å². The van der Waals surface area contributed by atoms with E-state index in [2.05, 4.69) is 20.6 Å². The second-order valence-electron chi connectivity index (χ2n) is 4.31. The number of hydrogen-bond acceptors (Lipinski definition) is 3. The van der Waals surface area contributed by atoms with Crippen LogP contribution in [0.1, 0.15) is 24.7 Å². The average molecular weight is 258 g/mol. The Balaban J connectivity index is 1.92. The van der Waals surface area contributed by atoms with E-state index in [1.807, 2.05) is 38.1 Å². The van der Waals surface area contributed by atoms with E-state index in [0.29, 0.717) is 13.0 Å². The minimum absolute atomic E-state index is 0.0212. The number of aromatic nitrogens is 2. The van der Waals surface area contributed by atoms with Crippen LogP contribution < -0.4 is 10.6 Å². The zero-order chi connectivity index (χ0) is 13.7. The van der Waals surface area contributed by atoms with Gasteiger partial charge in [0.25, 0.3) is 0 Å². The van der Waals surface area contributed by atoms with Crippen LogP contribution in [0.25, 0.3) is 0 Å². The van der Waals surface area contributed by atoms with Crippen LogP contribution in [0, 0.1) is 6.92 Å². The summed E-state index contributed by atoms with van der Waals surface area (Å²) in [5, 5.41) is 6.10. The molecule has 1 heterocycles. The number of amides is 1. The van der Waals surface area contributed by atoms with Crippen LogP contribution in [-0.4, -0.2) is 15.9 Å². The second-order valence-corrected chi connectivity index (χ2v) is 4.31. The smallest absolute Gasteiger partial charge is 0.224 e. The molecule has 19 heavy (non-hydrogen) atoms. The van der Waals surface area contributed by atoms with E-state index < -0.39 is 0 Å². The molecule has 1 amide bonds. The lowest BCUT2D eigenvalue weighted by Gasteiger charge is -2.07. The van der Waals surface area contributed by atoms with Crippen LogP contribution >= 0.6 is 0 Å². The summed E-state index contributed by atoms with van der Waals surface area (Å²) < 4.78 is 0. The van der Waals surface area contributed by atoms with Gasteiger partial charge in [0.1, 0.15) is 0 Å². The standard InChI is InChI=1S/C14H18N4O/c1-3-14(19)18-12-6-4-11(5-7-12)15-8-13-10(2)16-9-17-13/h4-7,9,15H,3,8H2,1-2H3,(H,16,17)(H,18,19). The predicted molar refractivity (Wildman–Crippen MR) is 76.0 cm³/mol. The molecular weight excluding hydrogens is 240 g/mol. The van der Waals surface area contributed by atoms with Crippen molar-refractivity contribution in [2.24, 2.45) is 0 Å². The van der Waals surface area contributed by atoms with Crippen molar-refractivity contribution < 1.29 is 4.79 Å². The third-order valence-corrected chi connectivity index (χ3v) is 2.88. The Kier molecular flexibility index (Phi) is 4.18. The molecule has 5 heteroatoms. The number of anilines is 2. The van der Waals surface area contributed by atoms with Gasteiger partial charge in [-0.1, -0.05) is 6.92 Å². The molecule has 1 aromatic carbocycles. The van der Waals surface area contributed by atoms with Crippen LogP contribution in [0.15, 0.2) is 30.6 Å². The molecule has 100 valence electrons. The molecule has 0 saturated heterocycles. The number of nitrogens with one attached hydrogen (secondary N) is 3. The number of carbonyl (C=O) groups excluding carboxylic acids is 1. The summed E-state index contributed by atoms with van der Waals surface area (Å²) in [6.45, 7) is 4.50. The largest absolute Gasteiger partial charge is 0.379 e. The third-order valence-electron chi connectivity index (χ3n) is 2.88. The van der Waals surface area contributed by atoms with Gasteiger partial charge in [-0.2, -0.15) is 0 Å². The van der Waals surface area contributed by atoms with Crippen molar-refractivity contribution in [2.45, 2.75) is 26.8 Å². The number of hydrogen-bond donors (Lipinski definition) is 3. The SMILES string of the molecule is CCC(=O)Nc1ccc(NCc2nc[nH]c2C)cc1. The van der Waals surface area contributed by atoms with Crippen molar-refractivity contribution in [1.82, 2.24) is 9.97 Å². The Morgan fingerprint density at radius 3 is 2.53 bits per heavy atom. The zero-order valence-corrected chi connectivity index (χ0v) is 11.2.